The van der Waals surface area contributed by atoms with E-state index in [-0.39, 0.29) is 17.4 Å². The van der Waals surface area contributed by atoms with E-state index in [4.69, 9.17) is 27.9 Å². The molecular weight excluding hydrogens is 459 g/mol. The van der Waals surface area contributed by atoms with Crippen LogP contribution in [0.25, 0.3) is 0 Å². The molecule has 1 amide bonds. The molecule has 3 rings (SSSR count). The Kier molecular flexibility index (Phi) is 7.43. The van der Waals surface area contributed by atoms with E-state index < -0.39 is 10.0 Å². The van der Waals surface area contributed by atoms with Gasteiger partial charge in [-0.25, -0.2) is 8.42 Å². The van der Waals surface area contributed by atoms with Crippen molar-refractivity contribution in [3.8, 4) is 5.75 Å². The van der Waals surface area contributed by atoms with E-state index in [9.17, 15) is 13.2 Å². The molecule has 0 unspecified atom stereocenters. The number of hydrogen-bond acceptors (Lipinski definition) is 4. The zero-order valence-corrected chi connectivity index (χ0v) is 18.9. The molecule has 0 saturated heterocycles. The van der Waals surface area contributed by atoms with Gasteiger partial charge in [0, 0.05) is 16.6 Å². The number of carbonyl (C=O) groups excluding carboxylic acids is 1. The monoisotopic (exact) mass is 478 g/mol. The number of carbonyl (C=O) groups is 1. The number of sulfonamides is 1. The van der Waals surface area contributed by atoms with Crippen LogP contribution in [0.2, 0.25) is 10.0 Å². The third-order valence-electron chi connectivity index (χ3n) is 4.33. The number of aryl methyl sites for hydroxylation is 1. The van der Waals surface area contributed by atoms with Crippen molar-refractivity contribution in [2.75, 3.05) is 11.3 Å². The Morgan fingerprint density at radius 3 is 2.29 bits per heavy atom. The average molecular weight is 479 g/mol. The van der Waals surface area contributed by atoms with E-state index in [1.165, 1.54) is 24.3 Å². The molecule has 0 aliphatic carbocycles. The van der Waals surface area contributed by atoms with E-state index >= 15 is 0 Å². The summed E-state index contributed by atoms with van der Waals surface area (Å²) in [5.74, 6) is 0.0727. The van der Waals surface area contributed by atoms with Crippen LogP contribution in [0.5, 0.6) is 5.75 Å². The number of benzene rings is 3. The standard InChI is InChI=1S/C22H20Cl2N2O4S/c1-15-2-7-18(12-21(15)24)26-31(28,29)20-10-8-19(9-11-20)30-14-22(27)25-13-16-3-5-17(23)6-4-16/h2-12,26H,13-14H2,1H3,(H,25,27). The number of anilines is 1. The van der Waals surface area contributed by atoms with Gasteiger partial charge in [0.1, 0.15) is 5.75 Å². The first-order valence-electron chi connectivity index (χ1n) is 9.26. The van der Waals surface area contributed by atoms with Crippen molar-refractivity contribution in [2.24, 2.45) is 0 Å². The fourth-order valence-corrected chi connectivity index (χ4v) is 3.94. The lowest BCUT2D eigenvalue weighted by molar-refractivity contribution is -0.123. The second-order valence-corrected chi connectivity index (χ2v) is 9.26. The fourth-order valence-electron chi connectivity index (χ4n) is 2.59. The van der Waals surface area contributed by atoms with Crippen molar-refractivity contribution in [3.05, 3.63) is 87.9 Å². The van der Waals surface area contributed by atoms with Crippen LogP contribution in [0.15, 0.2) is 71.6 Å². The summed E-state index contributed by atoms with van der Waals surface area (Å²) in [4.78, 5) is 12.0. The van der Waals surface area contributed by atoms with Gasteiger partial charge in [-0.15, -0.1) is 0 Å². The summed E-state index contributed by atoms with van der Waals surface area (Å²) in [6.07, 6.45) is 0. The molecular formula is C22H20Cl2N2O4S. The van der Waals surface area contributed by atoms with Crippen LogP contribution in [-0.4, -0.2) is 20.9 Å². The largest absolute Gasteiger partial charge is 0.484 e. The Morgan fingerprint density at radius 1 is 0.968 bits per heavy atom. The van der Waals surface area contributed by atoms with Crippen molar-refractivity contribution < 1.29 is 17.9 Å². The van der Waals surface area contributed by atoms with Crippen LogP contribution in [0.3, 0.4) is 0 Å². The first-order chi connectivity index (χ1) is 14.7. The highest BCUT2D eigenvalue weighted by Gasteiger charge is 2.15. The van der Waals surface area contributed by atoms with E-state index in [1.807, 2.05) is 19.1 Å². The minimum absolute atomic E-state index is 0.0590. The number of ether oxygens (including phenoxy) is 1. The van der Waals surface area contributed by atoms with Gasteiger partial charge in [0.25, 0.3) is 15.9 Å². The second kappa shape index (κ2) is 10.0. The molecule has 0 radical (unpaired) electrons. The van der Waals surface area contributed by atoms with Gasteiger partial charge in [-0.3, -0.25) is 9.52 Å². The smallest absolute Gasteiger partial charge is 0.261 e. The lowest BCUT2D eigenvalue weighted by Crippen LogP contribution is -2.28. The molecule has 0 fully saturated rings. The van der Waals surface area contributed by atoms with Gasteiger partial charge < -0.3 is 10.1 Å². The molecule has 0 bridgehead atoms. The average Bonchev–Trinajstić information content (AvgIpc) is 2.74. The predicted octanol–water partition coefficient (Wildman–Crippen LogP) is 4.80. The topological polar surface area (TPSA) is 84.5 Å². The molecule has 3 aromatic rings. The zero-order chi connectivity index (χ0) is 22.4. The zero-order valence-electron chi connectivity index (χ0n) is 16.6. The van der Waals surface area contributed by atoms with Crippen molar-refractivity contribution in [3.63, 3.8) is 0 Å². The van der Waals surface area contributed by atoms with Crippen molar-refractivity contribution in [1.29, 1.82) is 0 Å². The van der Waals surface area contributed by atoms with E-state index in [2.05, 4.69) is 10.0 Å². The number of halogens is 2. The van der Waals surface area contributed by atoms with Crippen LogP contribution in [0, 0.1) is 6.92 Å². The van der Waals surface area contributed by atoms with Gasteiger partial charge in [-0.1, -0.05) is 41.4 Å². The first-order valence-corrected chi connectivity index (χ1v) is 11.5. The molecule has 3 aromatic carbocycles. The molecule has 162 valence electrons. The van der Waals surface area contributed by atoms with Crippen LogP contribution >= 0.6 is 23.2 Å². The minimum Gasteiger partial charge on any atom is -0.484 e. The number of nitrogens with one attached hydrogen (secondary N) is 2. The molecule has 31 heavy (non-hydrogen) atoms. The summed E-state index contributed by atoms with van der Waals surface area (Å²) < 4.78 is 33.0. The summed E-state index contributed by atoms with van der Waals surface area (Å²) in [6.45, 7) is 1.99. The third-order valence-corrected chi connectivity index (χ3v) is 6.39. The van der Waals surface area contributed by atoms with E-state index in [0.29, 0.717) is 28.0 Å². The third kappa shape index (κ3) is 6.62. The van der Waals surface area contributed by atoms with Gasteiger partial charge in [-0.2, -0.15) is 0 Å². The highest BCUT2D eigenvalue weighted by molar-refractivity contribution is 7.92. The Hall–Kier alpha value is -2.74. The van der Waals surface area contributed by atoms with Crippen molar-refractivity contribution in [2.45, 2.75) is 18.4 Å². The number of hydrogen-bond donors (Lipinski definition) is 2. The van der Waals surface area contributed by atoms with Gasteiger partial charge in [-0.05, 0) is 66.6 Å². The molecule has 0 heterocycles. The molecule has 0 aliphatic heterocycles. The first kappa shape index (κ1) is 22.9. The number of amides is 1. The normalized spacial score (nSPS) is 11.1. The molecule has 9 heteroatoms. The molecule has 2 N–H and O–H groups in total. The summed E-state index contributed by atoms with van der Waals surface area (Å²) in [7, 11) is -3.79. The highest BCUT2D eigenvalue weighted by atomic mass is 35.5. The van der Waals surface area contributed by atoms with Crippen molar-refractivity contribution in [1.82, 2.24) is 5.32 Å². The van der Waals surface area contributed by atoms with Crippen LogP contribution in [0.1, 0.15) is 11.1 Å². The molecule has 6 nitrogen and oxygen atoms in total. The fraction of sp³-hybridized carbons (Fsp3) is 0.136. The quantitative estimate of drug-likeness (QED) is 0.486. The maximum absolute atomic E-state index is 12.5. The maximum Gasteiger partial charge on any atom is 0.261 e. The second-order valence-electron chi connectivity index (χ2n) is 6.73. The summed E-state index contributed by atoms with van der Waals surface area (Å²) in [5, 5.41) is 3.83. The van der Waals surface area contributed by atoms with Gasteiger partial charge in [0.05, 0.1) is 10.6 Å². The lowest BCUT2D eigenvalue weighted by Gasteiger charge is -2.11. The van der Waals surface area contributed by atoms with Gasteiger partial charge in [0.2, 0.25) is 0 Å². The lowest BCUT2D eigenvalue weighted by atomic mass is 10.2. The Bertz CT molecular complexity index is 1170. The molecule has 0 atom stereocenters. The van der Waals surface area contributed by atoms with Crippen LogP contribution in [-0.2, 0) is 21.4 Å². The van der Waals surface area contributed by atoms with Gasteiger partial charge in [0.15, 0.2) is 6.61 Å². The Labute approximate surface area is 191 Å². The van der Waals surface area contributed by atoms with E-state index in [0.717, 1.165) is 11.1 Å². The summed E-state index contributed by atoms with van der Waals surface area (Å²) in [5.41, 5.74) is 2.13. The molecule has 0 spiro atoms. The SMILES string of the molecule is Cc1ccc(NS(=O)(=O)c2ccc(OCC(=O)NCc3ccc(Cl)cc3)cc2)cc1Cl. The predicted molar refractivity (Wildman–Crippen MR) is 122 cm³/mol. The van der Waals surface area contributed by atoms with Gasteiger partial charge >= 0.3 is 0 Å². The van der Waals surface area contributed by atoms with Crippen LogP contribution in [0.4, 0.5) is 5.69 Å². The maximum atomic E-state index is 12.5. The molecule has 0 aliphatic rings. The van der Waals surface area contributed by atoms with E-state index in [1.54, 1.807) is 30.3 Å². The summed E-state index contributed by atoms with van der Waals surface area (Å²) in [6, 6.07) is 17.8. The molecule has 0 saturated carbocycles. The molecule has 0 aromatic heterocycles. The summed E-state index contributed by atoms with van der Waals surface area (Å²) >= 11 is 11.9. The Balaban J connectivity index is 1.53. The van der Waals surface area contributed by atoms with Crippen molar-refractivity contribution >= 4 is 44.8 Å². The minimum atomic E-state index is -3.79. The van der Waals surface area contributed by atoms with Crippen LogP contribution < -0.4 is 14.8 Å². The highest BCUT2D eigenvalue weighted by Crippen LogP contribution is 2.23. The number of rotatable bonds is 8. The Morgan fingerprint density at radius 2 is 1.65 bits per heavy atom.